The molecule has 0 aliphatic heterocycles. The molecule has 0 aromatic rings. The first-order valence-electron chi connectivity index (χ1n) is 9.34. The molecule has 9 heteroatoms. The molecule has 0 aliphatic rings. The lowest BCUT2D eigenvalue weighted by molar-refractivity contribution is -0.125. The van der Waals surface area contributed by atoms with E-state index in [1.165, 1.54) is 0 Å². The van der Waals surface area contributed by atoms with Gasteiger partial charge < -0.3 is 30.2 Å². The van der Waals surface area contributed by atoms with E-state index in [0.29, 0.717) is 39.3 Å². The SMILES string of the molecule is CCC(=O)NCCC(=O)NCCOCCOCCC(=O)NC(C=O)C(C)C. The third kappa shape index (κ3) is 14.8. The minimum absolute atomic E-state index is 0.0522. The molecule has 156 valence electrons. The van der Waals surface area contributed by atoms with Gasteiger partial charge >= 0.3 is 0 Å². The highest BCUT2D eigenvalue weighted by atomic mass is 16.5. The highest BCUT2D eigenvalue weighted by Gasteiger charge is 2.14. The van der Waals surface area contributed by atoms with Gasteiger partial charge in [0.25, 0.3) is 0 Å². The van der Waals surface area contributed by atoms with Crippen molar-refractivity contribution in [2.75, 3.05) is 39.5 Å². The van der Waals surface area contributed by atoms with Crippen LogP contribution in [0.2, 0.25) is 0 Å². The van der Waals surface area contributed by atoms with Crippen molar-refractivity contribution in [2.45, 2.75) is 46.1 Å². The minimum atomic E-state index is -0.473. The van der Waals surface area contributed by atoms with E-state index in [9.17, 15) is 19.2 Å². The zero-order chi connectivity index (χ0) is 20.5. The maximum absolute atomic E-state index is 11.6. The molecule has 27 heavy (non-hydrogen) atoms. The summed E-state index contributed by atoms with van der Waals surface area (Å²) in [5.41, 5.74) is 0. The Bertz CT molecular complexity index is 456. The van der Waals surface area contributed by atoms with Crippen LogP contribution in [0.1, 0.15) is 40.0 Å². The average Bonchev–Trinajstić information content (AvgIpc) is 2.64. The van der Waals surface area contributed by atoms with Crippen molar-refractivity contribution in [3.05, 3.63) is 0 Å². The number of rotatable bonds is 16. The van der Waals surface area contributed by atoms with E-state index in [1.807, 2.05) is 13.8 Å². The third-order valence-electron chi connectivity index (χ3n) is 3.60. The summed E-state index contributed by atoms with van der Waals surface area (Å²) < 4.78 is 10.6. The van der Waals surface area contributed by atoms with Crippen LogP contribution in [0.5, 0.6) is 0 Å². The fraction of sp³-hybridized carbons (Fsp3) is 0.778. The average molecular weight is 387 g/mol. The van der Waals surface area contributed by atoms with E-state index in [-0.39, 0.29) is 43.1 Å². The molecule has 0 spiro atoms. The van der Waals surface area contributed by atoms with Crippen molar-refractivity contribution in [2.24, 2.45) is 5.92 Å². The quantitative estimate of drug-likeness (QED) is 0.249. The van der Waals surface area contributed by atoms with Crippen molar-refractivity contribution in [1.82, 2.24) is 16.0 Å². The first kappa shape index (κ1) is 25.0. The zero-order valence-corrected chi connectivity index (χ0v) is 16.5. The van der Waals surface area contributed by atoms with Gasteiger partial charge in [0.1, 0.15) is 6.29 Å². The smallest absolute Gasteiger partial charge is 0.222 e. The molecule has 1 unspecified atom stereocenters. The maximum atomic E-state index is 11.6. The number of aldehydes is 1. The van der Waals surface area contributed by atoms with Crippen LogP contribution in [0.4, 0.5) is 0 Å². The van der Waals surface area contributed by atoms with Crippen molar-refractivity contribution in [3.63, 3.8) is 0 Å². The predicted molar refractivity (Wildman–Crippen MR) is 100 cm³/mol. The molecule has 0 rings (SSSR count). The molecule has 0 aromatic heterocycles. The summed E-state index contributed by atoms with van der Waals surface area (Å²) in [7, 11) is 0. The predicted octanol–water partition coefficient (Wildman–Crippen LogP) is -0.218. The Labute approximate surface area is 160 Å². The Kier molecular flexibility index (Phi) is 15.0. The van der Waals surface area contributed by atoms with Gasteiger partial charge in [0.05, 0.1) is 32.5 Å². The van der Waals surface area contributed by atoms with Gasteiger partial charge in [-0.05, 0) is 5.92 Å². The summed E-state index contributed by atoms with van der Waals surface area (Å²) in [6, 6.07) is -0.473. The Morgan fingerprint density at radius 1 is 0.852 bits per heavy atom. The lowest BCUT2D eigenvalue weighted by atomic mass is 10.1. The summed E-state index contributed by atoms with van der Waals surface area (Å²) >= 11 is 0. The Hall–Kier alpha value is -2.00. The van der Waals surface area contributed by atoms with Gasteiger partial charge in [-0.25, -0.2) is 0 Å². The van der Waals surface area contributed by atoms with Crippen LogP contribution in [0, 0.1) is 5.92 Å². The van der Waals surface area contributed by atoms with E-state index in [4.69, 9.17) is 9.47 Å². The summed E-state index contributed by atoms with van der Waals surface area (Å²) in [5, 5.41) is 7.95. The molecule has 0 fully saturated rings. The third-order valence-corrected chi connectivity index (χ3v) is 3.60. The van der Waals surface area contributed by atoms with Crippen molar-refractivity contribution in [1.29, 1.82) is 0 Å². The number of carbonyl (C=O) groups excluding carboxylic acids is 4. The number of carbonyl (C=O) groups is 4. The second-order valence-electron chi connectivity index (χ2n) is 6.25. The molecule has 0 aliphatic carbocycles. The molecule has 0 heterocycles. The van der Waals surface area contributed by atoms with Crippen LogP contribution in [0.3, 0.4) is 0 Å². The monoisotopic (exact) mass is 387 g/mol. The minimum Gasteiger partial charge on any atom is -0.379 e. The number of nitrogens with one attached hydrogen (secondary N) is 3. The van der Waals surface area contributed by atoms with Gasteiger partial charge in [0.2, 0.25) is 17.7 Å². The highest BCUT2D eigenvalue weighted by molar-refractivity contribution is 5.80. The van der Waals surface area contributed by atoms with E-state index in [2.05, 4.69) is 16.0 Å². The first-order chi connectivity index (χ1) is 12.9. The highest BCUT2D eigenvalue weighted by Crippen LogP contribution is 1.98. The fourth-order valence-corrected chi connectivity index (χ4v) is 1.89. The Balaban J connectivity index is 3.47. The van der Waals surface area contributed by atoms with E-state index in [1.54, 1.807) is 6.92 Å². The number of hydrogen-bond acceptors (Lipinski definition) is 6. The lowest BCUT2D eigenvalue weighted by Gasteiger charge is -2.16. The van der Waals surface area contributed by atoms with Gasteiger partial charge in [-0.2, -0.15) is 0 Å². The number of ether oxygens (including phenoxy) is 2. The van der Waals surface area contributed by atoms with Crippen LogP contribution < -0.4 is 16.0 Å². The molecule has 0 bridgehead atoms. The standard InChI is InChI=1S/C18H33N3O6/c1-4-16(23)19-7-5-17(24)20-8-10-27-12-11-26-9-6-18(25)21-15(13-22)14(2)3/h13-15H,4-12H2,1-3H3,(H,19,23)(H,20,24)(H,21,25). The van der Waals surface area contributed by atoms with Gasteiger partial charge in [-0.3, -0.25) is 14.4 Å². The molecular weight excluding hydrogens is 354 g/mol. The summed E-state index contributed by atoms with van der Waals surface area (Å²) in [6.07, 6.45) is 1.55. The summed E-state index contributed by atoms with van der Waals surface area (Å²) in [6.45, 7) is 7.47. The molecule has 0 saturated carbocycles. The zero-order valence-electron chi connectivity index (χ0n) is 16.5. The topological polar surface area (TPSA) is 123 Å². The number of hydrogen-bond donors (Lipinski definition) is 3. The van der Waals surface area contributed by atoms with Gasteiger partial charge in [0, 0.05) is 32.4 Å². The van der Waals surface area contributed by atoms with Crippen LogP contribution >= 0.6 is 0 Å². The van der Waals surface area contributed by atoms with E-state index >= 15 is 0 Å². The molecule has 0 radical (unpaired) electrons. The molecule has 3 N–H and O–H groups in total. The summed E-state index contributed by atoms with van der Waals surface area (Å²) in [4.78, 5) is 45.0. The Morgan fingerprint density at radius 3 is 2.07 bits per heavy atom. The molecule has 9 nitrogen and oxygen atoms in total. The second-order valence-corrected chi connectivity index (χ2v) is 6.25. The molecule has 0 aromatic carbocycles. The van der Waals surface area contributed by atoms with Gasteiger partial charge in [-0.1, -0.05) is 20.8 Å². The second kappa shape index (κ2) is 16.2. The molecule has 3 amide bonds. The maximum Gasteiger partial charge on any atom is 0.222 e. The van der Waals surface area contributed by atoms with Gasteiger partial charge in [0.15, 0.2) is 0 Å². The van der Waals surface area contributed by atoms with Gasteiger partial charge in [-0.15, -0.1) is 0 Å². The molecular formula is C18H33N3O6. The van der Waals surface area contributed by atoms with Crippen molar-refractivity contribution in [3.8, 4) is 0 Å². The van der Waals surface area contributed by atoms with Crippen LogP contribution in [0.25, 0.3) is 0 Å². The van der Waals surface area contributed by atoms with Crippen LogP contribution in [0.15, 0.2) is 0 Å². The van der Waals surface area contributed by atoms with E-state index in [0.717, 1.165) is 6.29 Å². The van der Waals surface area contributed by atoms with E-state index < -0.39 is 6.04 Å². The number of amides is 3. The fourth-order valence-electron chi connectivity index (χ4n) is 1.89. The lowest BCUT2D eigenvalue weighted by Crippen LogP contribution is -2.40. The summed E-state index contributed by atoms with van der Waals surface area (Å²) in [5.74, 6) is -0.393. The molecule has 0 saturated heterocycles. The largest absolute Gasteiger partial charge is 0.379 e. The van der Waals surface area contributed by atoms with Crippen LogP contribution in [-0.2, 0) is 28.7 Å². The first-order valence-corrected chi connectivity index (χ1v) is 9.34. The Morgan fingerprint density at radius 2 is 1.48 bits per heavy atom. The van der Waals surface area contributed by atoms with Crippen molar-refractivity contribution < 1.29 is 28.7 Å². The normalized spacial score (nSPS) is 11.7. The van der Waals surface area contributed by atoms with Crippen molar-refractivity contribution >= 4 is 24.0 Å². The van der Waals surface area contributed by atoms with Crippen LogP contribution in [-0.4, -0.2) is 69.6 Å². The molecule has 1 atom stereocenters.